The Kier molecular flexibility index (Phi) is 6.25. The second-order valence-corrected chi connectivity index (χ2v) is 6.51. The number of nitrogens with zero attached hydrogens (tertiary/aromatic N) is 4. The van der Waals surface area contributed by atoms with E-state index in [1.807, 2.05) is 12.1 Å². The molecular weight excluding hydrogens is 330 g/mol. The Morgan fingerprint density at radius 3 is 2.77 bits per heavy atom. The van der Waals surface area contributed by atoms with Gasteiger partial charge in [0.05, 0.1) is 7.11 Å². The Balaban J connectivity index is 1.66. The minimum Gasteiger partial charge on any atom is -0.481 e. The molecule has 2 heterocycles. The van der Waals surface area contributed by atoms with E-state index in [1.54, 1.807) is 7.11 Å². The lowest BCUT2D eigenvalue weighted by Gasteiger charge is -2.42. The highest BCUT2D eigenvalue weighted by atomic mass is 16.5. The Morgan fingerprint density at radius 1 is 1.23 bits per heavy atom. The molecule has 0 unspecified atom stereocenters. The van der Waals surface area contributed by atoms with Crippen molar-refractivity contribution in [3.8, 4) is 5.88 Å². The number of aliphatic hydroxyl groups excluding tert-OH is 1. The number of aromatic nitrogens is 2. The van der Waals surface area contributed by atoms with Gasteiger partial charge in [-0.2, -0.15) is 9.97 Å². The summed E-state index contributed by atoms with van der Waals surface area (Å²) in [4.78, 5) is 13.1. The van der Waals surface area contributed by atoms with Gasteiger partial charge < -0.3 is 20.5 Å². The van der Waals surface area contributed by atoms with Crippen LogP contribution in [0.1, 0.15) is 12.0 Å². The fraction of sp³-hybridized carbons (Fsp3) is 0.474. The maximum Gasteiger partial charge on any atom is 0.225 e. The molecule has 1 aliphatic rings. The zero-order chi connectivity index (χ0) is 18.4. The van der Waals surface area contributed by atoms with Gasteiger partial charge in [0.15, 0.2) is 0 Å². The molecule has 1 atom stereocenters. The molecule has 0 bridgehead atoms. The lowest BCUT2D eigenvalue weighted by Crippen LogP contribution is -2.54. The van der Waals surface area contributed by atoms with E-state index in [-0.39, 0.29) is 18.6 Å². The molecule has 1 aromatic heterocycles. The van der Waals surface area contributed by atoms with E-state index >= 15 is 0 Å². The van der Waals surface area contributed by atoms with Gasteiger partial charge in [0, 0.05) is 44.9 Å². The molecule has 0 saturated carbocycles. The van der Waals surface area contributed by atoms with Crippen molar-refractivity contribution in [2.24, 2.45) is 0 Å². The minimum atomic E-state index is 0.176. The number of rotatable bonds is 7. The molecule has 0 amide bonds. The van der Waals surface area contributed by atoms with Crippen molar-refractivity contribution in [3.63, 3.8) is 0 Å². The molecule has 2 aromatic rings. The highest BCUT2D eigenvalue weighted by molar-refractivity contribution is 5.46. The van der Waals surface area contributed by atoms with Gasteiger partial charge in [-0.05, 0) is 18.4 Å². The molecule has 0 radical (unpaired) electrons. The number of ether oxygens (including phenoxy) is 1. The van der Waals surface area contributed by atoms with Crippen LogP contribution in [0.25, 0.3) is 0 Å². The third-order valence-electron chi connectivity index (χ3n) is 4.84. The summed E-state index contributed by atoms with van der Waals surface area (Å²) in [5.74, 6) is 1.46. The monoisotopic (exact) mass is 357 g/mol. The van der Waals surface area contributed by atoms with Crippen LogP contribution in [0.2, 0.25) is 0 Å². The van der Waals surface area contributed by atoms with Crippen LogP contribution in [0.4, 0.5) is 11.8 Å². The zero-order valence-electron chi connectivity index (χ0n) is 15.2. The van der Waals surface area contributed by atoms with E-state index in [0.717, 1.165) is 44.8 Å². The summed E-state index contributed by atoms with van der Waals surface area (Å²) >= 11 is 0. The van der Waals surface area contributed by atoms with E-state index in [9.17, 15) is 5.11 Å². The maximum atomic E-state index is 9.49. The van der Waals surface area contributed by atoms with Gasteiger partial charge in [0.1, 0.15) is 5.82 Å². The second-order valence-electron chi connectivity index (χ2n) is 6.51. The maximum absolute atomic E-state index is 9.49. The third-order valence-corrected chi connectivity index (χ3v) is 4.84. The number of hydrogen-bond acceptors (Lipinski definition) is 7. The number of hydrogen-bond donors (Lipinski definition) is 2. The summed E-state index contributed by atoms with van der Waals surface area (Å²) in [6, 6.07) is 12.6. The zero-order valence-corrected chi connectivity index (χ0v) is 15.2. The van der Waals surface area contributed by atoms with Gasteiger partial charge in [-0.25, -0.2) is 0 Å². The highest BCUT2D eigenvalue weighted by Gasteiger charge is 2.27. The summed E-state index contributed by atoms with van der Waals surface area (Å²) in [7, 11) is 1.57. The van der Waals surface area contributed by atoms with Crippen molar-refractivity contribution >= 4 is 11.8 Å². The van der Waals surface area contributed by atoms with E-state index in [4.69, 9.17) is 10.5 Å². The summed E-state index contributed by atoms with van der Waals surface area (Å²) in [5.41, 5.74) is 7.13. The first-order valence-corrected chi connectivity index (χ1v) is 9.02. The second kappa shape index (κ2) is 8.82. The molecule has 3 N–H and O–H groups in total. The molecule has 1 fully saturated rings. The van der Waals surface area contributed by atoms with Crippen molar-refractivity contribution in [1.82, 2.24) is 14.9 Å². The van der Waals surface area contributed by atoms with Gasteiger partial charge in [0.2, 0.25) is 11.8 Å². The first kappa shape index (κ1) is 18.4. The average Bonchev–Trinajstić information content (AvgIpc) is 2.67. The van der Waals surface area contributed by atoms with Gasteiger partial charge in [-0.3, -0.25) is 4.90 Å². The van der Waals surface area contributed by atoms with Crippen molar-refractivity contribution in [3.05, 3.63) is 42.0 Å². The Bertz CT molecular complexity index is 698. The molecule has 7 nitrogen and oxygen atoms in total. The number of benzene rings is 1. The minimum absolute atomic E-state index is 0.176. The van der Waals surface area contributed by atoms with E-state index in [0.29, 0.717) is 5.88 Å². The lowest BCUT2D eigenvalue weighted by atomic mass is 10.1. The van der Waals surface area contributed by atoms with Crippen LogP contribution >= 0.6 is 0 Å². The van der Waals surface area contributed by atoms with Crippen molar-refractivity contribution in [2.45, 2.75) is 18.9 Å². The molecule has 1 aromatic carbocycles. The topological polar surface area (TPSA) is 87.7 Å². The molecule has 140 valence electrons. The first-order chi connectivity index (χ1) is 12.7. The van der Waals surface area contributed by atoms with Gasteiger partial charge >= 0.3 is 0 Å². The Morgan fingerprint density at radius 2 is 2.04 bits per heavy atom. The van der Waals surface area contributed by atoms with Crippen LogP contribution in [-0.2, 0) is 6.42 Å². The van der Waals surface area contributed by atoms with Crippen LogP contribution < -0.4 is 15.4 Å². The number of nitrogens with two attached hydrogens (primary N) is 1. The molecule has 0 spiro atoms. The fourth-order valence-electron chi connectivity index (χ4n) is 3.43. The summed E-state index contributed by atoms with van der Waals surface area (Å²) < 4.78 is 5.20. The largest absolute Gasteiger partial charge is 0.481 e. The van der Waals surface area contributed by atoms with Crippen LogP contribution in [0.5, 0.6) is 5.88 Å². The fourth-order valence-corrected chi connectivity index (χ4v) is 3.43. The normalized spacial score (nSPS) is 18.1. The van der Waals surface area contributed by atoms with Crippen molar-refractivity contribution in [1.29, 1.82) is 0 Å². The standard InChI is InChI=1S/C19H27N5O2/c1-26-18-13-17(21-19(20)22-18)24-11-10-23(16(14-24)8-12-25)9-7-15-5-3-2-4-6-15/h2-6,13,16,25H,7-12,14H2,1H3,(H2,20,21,22)/t16-/m1/s1. The average molecular weight is 357 g/mol. The number of piperazine rings is 1. The lowest BCUT2D eigenvalue weighted by molar-refractivity contribution is 0.143. The van der Waals surface area contributed by atoms with Crippen molar-refractivity contribution in [2.75, 3.05) is 50.5 Å². The van der Waals surface area contributed by atoms with Crippen LogP contribution in [0, 0.1) is 0 Å². The molecule has 1 saturated heterocycles. The third kappa shape index (κ3) is 4.62. The van der Waals surface area contributed by atoms with Crippen LogP contribution in [0.3, 0.4) is 0 Å². The van der Waals surface area contributed by atoms with Crippen molar-refractivity contribution < 1.29 is 9.84 Å². The summed E-state index contributed by atoms with van der Waals surface area (Å²) in [6.45, 7) is 3.74. The molecule has 1 aliphatic heterocycles. The molecule has 3 rings (SSSR count). The predicted octanol–water partition coefficient (Wildman–Crippen LogP) is 1.18. The van der Waals surface area contributed by atoms with E-state index in [2.05, 4.69) is 44.0 Å². The SMILES string of the molecule is COc1cc(N2CCN(CCc3ccccc3)[C@H](CCO)C2)nc(N)n1. The van der Waals surface area contributed by atoms with E-state index < -0.39 is 0 Å². The summed E-state index contributed by atoms with van der Waals surface area (Å²) in [5, 5.41) is 9.49. The predicted molar refractivity (Wildman–Crippen MR) is 102 cm³/mol. The first-order valence-electron chi connectivity index (χ1n) is 9.02. The number of nitrogen functional groups attached to an aromatic ring is 1. The highest BCUT2D eigenvalue weighted by Crippen LogP contribution is 2.23. The molecule has 26 heavy (non-hydrogen) atoms. The van der Waals surface area contributed by atoms with Gasteiger partial charge in [0.25, 0.3) is 0 Å². The number of anilines is 2. The van der Waals surface area contributed by atoms with Gasteiger partial charge in [-0.15, -0.1) is 0 Å². The molecule has 7 heteroatoms. The van der Waals surface area contributed by atoms with Crippen LogP contribution in [-0.4, -0.2) is 65.9 Å². The number of aliphatic hydroxyl groups is 1. The quantitative estimate of drug-likeness (QED) is 0.769. The summed E-state index contributed by atoms with van der Waals surface area (Å²) in [6.07, 6.45) is 1.75. The number of methoxy groups -OCH3 is 1. The van der Waals surface area contributed by atoms with E-state index in [1.165, 1.54) is 5.56 Å². The van der Waals surface area contributed by atoms with Crippen LogP contribution in [0.15, 0.2) is 36.4 Å². The smallest absolute Gasteiger partial charge is 0.225 e. The molecule has 0 aliphatic carbocycles. The Labute approximate surface area is 154 Å². The Hall–Kier alpha value is -2.38. The van der Waals surface area contributed by atoms with Gasteiger partial charge in [-0.1, -0.05) is 30.3 Å². The molecular formula is C19H27N5O2.